The van der Waals surface area contributed by atoms with Crippen LogP contribution in [0.3, 0.4) is 0 Å². The number of carbonyl (C=O) groups is 1. The summed E-state index contributed by atoms with van der Waals surface area (Å²) < 4.78 is 2.93. The molecule has 5 heteroatoms. The van der Waals surface area contributed by atoms with Gasteiger partial charge in [0.15, 0.2) is 11.3 Å². The molecule has 21 heavy (non-hydrogen) atoms. The number of anilines is 1. The van der Waals surface area contributed by atoms with Gasteiger partial charge in [-0.05, 0) is 23.5 Å². The smallest absolute Gasteiger partial charge is 0.337 e. The number of allylic oxidation sites excluding steroid dienone is 1. The third kappa shape index (κ3) is 3.12. The predicted molar refractivity (Wildman–Crippen MR) is 82.5 cm³/mol. The van der Waals surface area contributed by atoms with Crippen molar-refractivity contribution < 1.29 is 21.8 Å². The second-order valence-electron chi connectivity index (χ2n) is 4.32. The van der Waals surface area contributed by atoms with Crippen molar-refractivity contribution in [2.45, 2.75) is 0 Å². The number of nitrogens with two attached hydrogens (primary N) is 1. The maximum atomic E-state index is 12.0. The van der Waals surface area contributed by atoms with Crippen molar-refractivity contribution in [2.24, 2.45) is 0 Å². The Labute approximate surface area is 132 Å². The Balaban J connectivity index is 0.00000161. The van der Waals surface area contributed by atoms with Crippen LogP contribution < -0.4 is 22.7 Å². The Morgan fingerprint density at radius 3 is 2.48 bits per heavy atom. The first-order valence-electron chi connectivity index (χ1n) is 6.22. The van der Waals surface area contributed by atoms with Crippen LogP contribution in [0.1, 0.15) is 10.4 Å². The van der Waals surface area contributed by atoms with Crippen molar-refractivity contribution in [3.8, 4) is 0 Å². The number of ketones is 1. The Hall–Kier alpha value is -2.17. The van der Waals surface area contributed by atoms with Crippen LogP contribution in [0.15, 0.2) is 60.7 Å². The fourth-order valence-electron chi connectivity index (χ4n) is 2.02. The molecule has 106 valence electrons. The maximum absolute atomic E-state index is 12.0. The fourth-order valence-corrected chi connectivity index (χ4v) is 2.92. The molecule has 0 saturated heterocycles. The topological polar surface area (TPSA) is 47.0 Å². The zero-order valence-electron chi connectivity index (χ0n) is 11.1. The monoisotopic (exact) mass is 316 g/mol. The van der Waals surface area contributed by atoms with Gasteiger partial charge in [-0.1, -0.05) is 42.5 Å². The van der Waals surface area contributed by atoms with E-state index in [2.05, 4.69) is 0 Å². The number of aromatic nitrogens is 1. The average molecular weight is 317 g/mol. The molecule has 0 saturated carbocycles. The molecule has 0 radical (unpaired) electrons. The van der Waals surface area contributed by atoms with E-state index in [1.807, 2.05) is 47.0 Å². The van der Waals surface area contributed by atoms with E-state index in [9.17, 15) is 4.79 Å². The molecule has 2 aromatic carbocycles. The summed E-state index contributed by atoms with van der Waals surface area (Å²) in [6.45, 7) is 0. The van der Waals surface area contributed by atoms with Gasteiger partial charge in [-0.2, -0.15) is 4.57 Å². The molecule has 3 aromatic rings. The lowest BCUT2D eigenvalue weighted by molar-refractivity contribution is -0.518. The lowest BCUT2D eigenvalue weighted by Gasteiger charge is -1.94. The van der Waals surface area contributed by atoms with Gasteiger partial charge in [0.25, 0.3) is 0 Å². The zero-order valence-corrected chi connectivity index (χ0v) is 12.6. The first-order valence-corrected chi connectivity index (χ1v) is 7.03. The van der Waals surface area contributed by atoms with E-state index in [0.717, 1.165) is 10.2 Å². The highest BCUT2D eigenvalue weighted by molar-refractivity contribution is 7.21. The minimum Gasteiger partial charge on any atom is -1.00 e. The summed E-state index contributed by atoms with van der Waals surface area (Å²) in [6.07, 6.45) is 3.27. The second-order valence-corrected chi connectivity index (χ2v) is 5.39. The number of benzene rings is 2. The highest BCUT2D eigenvalue weighted by Gasteiger charge is 2.12. The molecular weight excluding hydrogens is 304 g/mol. The van der Waals surface area contributed by atoms with Crippen LogP contribution in [0.4, 0.5) is 5.13 Å². The lowest BCUT2D eigenvalue weighted by atomic mass is 10.1. The van der Waals surface area contributed by atoms with E-state index in [-0.39, 0.29) is 18.2 Å². The number of hydrogen-bond acceptors (Lipinski definition) is 3. The Kier molecular flexibility index (Phi) is 4.73. The molecule has 3 nitrogen and oxygen atoms in total. The first-order chi connectivity index (χ1) is 9.75. The van der Waals surface area contributed by atoms with Gasteiger partial charge in [0, 0.05) is 11.6 Å². The molecule has 0 bridgehead atoms. The maximum Gasteiger partial charge on any atom is 0.337 e. The third-order valence-electron chi connectivity index (χ3n) is 3.01. The molecule has 1 aromatic heterocycles. The first kappa shape index (κ1) is 15.2. The number of nitrogens with zero attached hydrogens (tertiary/aromatic N) is 1. The summed E-state index contributed by atoms with van der Waals surface area (Å²) in [7, 11) is 0. The summed E-state index contributed by atoms with van der Waals surface area (Å²) in [5, 5.41) is 0.656. The van der Waals surface area contributed by atoms with Crippen molar-refractivity contribution in [1.29, 1.82) is 0 Å². The van der Waals surface area contributed by atoms with Crippen molar-refractivity contribution in [3.63, 3.8) is 0 Å². The number of hydrogen-bond donors (Lipinski definition) is 1. The number of halogens is 1. The molecule has 0 aliphatic rings. The molecule has 0 spiro atoms. The van der Waals surface area contributed by atoms with Crippen LogP contribution in [0.2, 0.25) is 0 Å². The molecule has 0 unspecified atom stereocenters. The van der Waals surface area contributed by atoms with E-state index < -0.39 is 0 Å². The van der Waals surface area contributed by atoms with Gasteiger partial charge in [0.2, 0.25) is 0 Å². The van der Waals surface area contributed by atoms with Gasteiger partial charge in [-0.25, -0.2) is 0 Å². The number of fused-ring (bicyclic) bond motifs is 1. The van der Waals surface area contributed by atoms with Crippen LogP contribution in [0.5, 0.6) is 0 Å². The molecule has 0 aliphatic carbocycles. The normalized spacial score (nSPS) is 10.7. The van der Waals surface area contributed by atoms with E-state index in [1.54, 1.807) is 24.4 Å². The van der Waals surface area contributed by atoms with Crippen LogP contribution in [0, 0.1) is 0 Å². The summed E-state index contributed by atoms with van der Waals surface area (Å²) in [5.74, 6) is -0.0345. The van der Waals surface area contributed by atoms with Gasteiger partial charge in [-0.15, -0.1) is 0 Å². The summed E-state index contributed by atoms with van der Waals surface area (Å²) in [4.78, 5) is 12.0. The largest absolute Gasteiger partial charge is 1.00 e. The van der Waals surface area contributed by atoms with E-state index in [4.69, 9.17) is 5.73 Å². The van der Waals surface area contributed by atoms with Gasteiger partial charge < -0.3 is 12.4 Å². The van der Waals surface area contributed by atoms with Crippen LogP contribution >= 0.6 is 11.3 Å². The standard InChI is InChI=1S/C16H12N2OS.ClH/c17-16-18(13-8-4-5-9-15(13)20-16)11-10-14(19)12-6-2-1-3-7-12;/h1-11,17H;1H/b11-10+;. The van der Waals surface area contributed by atoms with Crippen LogP contribution in [-0.2, 0) is 0 Å². The average Bonchev–Trinajstić information content (AvgIpc) is 2.81. The van der Waals surface area contributed by atoms with E-state index in [1.165, 1.54) is 11.3 Å². The van der Waals surface area contributed by atoms with E-state index in [0.29, 0.717) is 10.7 Å². The molecule has 0 amide bonds. The van der Waals surface area contributed by atoms with Gasteiger partial charge >= 0.3 is 5.13 Å². The molecule has 0 aliphatic heterocycles. The summed E-state index contributed by atoms with van der Waals surface area (Å²) in [5.41, 5.74) is 7.67. The zero-order chi connectivity index (χ0) is 13.9. The molecule has 0 fully saturated rings. The quantitative estimate of drug-likeness (QED) is 0.424. The van der Waals surface area contributed by atoms with Crippen molar-refractivity contribution in [3.05, 3.63) is 66.2 Å². The fraction of sp³-hybridized carbons (Fsp3) is 0. The Bertz CT molecular complexity index is 796. The highest BCUT2D eigenvalue weighted by atomic mass is 35.5. The molecule has 3 rings (SSSR count). The van der Waals surface area contributed by atoms with Crippen molar-refractivity contribution in [1.82, 2.24) is 0 Å². The van der Waals surface area contributed by atoms with Crippen molar-refractivity contribution >= 4 is 38.7 Å². The van der Waals surface area contributed by atoms with Gasteiger partial charge in [0.1, 0.15) is 6.20 Å². The number of carbonyl (C=O) groups excluding carboxylic acids is 1. The third-order valence-corrected chi connectivity index (χ3v) is 3.98. The van der Waals surface area contributed by atoms with Gasteiger partial charge in [0.05, 0.1) is 4.70 Å². The van der Waals surface area contributed by atoms with E-state index >= 15 is 0 Å². The van der Waals surface area contributed by atoms with Gasteiger partial charge in [-0.3, -0.25) is 10.5 Å². The van der Waals surface area contributed by atoms with Crippen LogP contribution in [0.25, 0.3) is 16.4 Å². The highest BCUT2D eigenvalue weighted by Crippen LogP contribution is 2.21. The predicted octanol–water partition coefficient (Wildman–Crippen LogP) is 0.129. The molecular formula is C16H13ClN2OS. The lowest BCUT2D eigenvalue weighted by Crippen LogP contribution is -3.00. The number of nitrogen functional groups attached to an aromatic ring is 1. The summed E-state index contributed by atoms with van der Waals surface area (Å²) >= 11 is 1.50. The van der Waals surface area contributed by atoms with Crippen LogP contribution in [-0.4, -0.2) is 5.78 Å². The Morgan fingerprint density at radius 2 is 1.71 bits per heavy atom. The molecule has 0 atom stereocenters. The molecule has 1 heterocycles. The second kappa shape index (κ2) is 6.52. The molecule has 2 N–H and O–H groups in total. The minimum atomic E-state index is -0.0345. The number of rotatable bonds is 3. The van der Waals surface area contributed by atoms with Crippen molar-refractivity contribution in [2.75, 3.05) is 5.73 Å². The minimum absolute atomic E-state index is 0. The number of para-hydroxylation sites is 1. The summed E-state index contributed by atoms with van der Waals surface area (Å²) in [6, 6.07) is 17.1. The Morgan fingerprint density at radius 1 is 1.05 bits per heavy atom. The SMILES string of the molecule is Nc1sc2ccccc2[n+]1/C=C/C(=O)c1ccccc1.[Cl-]. The number of thiazole rings is 1.